The van der Waals surface area contributed by atoms with Crippen molar-refractivity contribution in [1.29, 1.82) is 0 Å². The zero-order valence-electron chi connectivity index (χ0n) is 9.52. The van der Waals surface area contributed by atoms with Crippen molar-refractivity contribution in [3.05, 3.63) is 12.2 Å². The normalized spacial score (nSPS) is 18.2. The van der Waals surface area contributed by atoms with Crippen LogP contribution in [0.1, 0.15) is 39.0 Å². The molecule has 1 aliphatic rings. The predicted octanol–water partition coefficient (Wildman–Crippen LogP) is 2.44. The quantitative estimate of drug-likeness (QED) is 0.310. The van der Waals surface area contributed by atoms with Crippen LogP contribution in [0, 0.1) is 0 Å². The summed E-state index contributed by atoms with van der Waals surface area (Å²) in [5.74, 6) is 0. The largest absolute Gasteiger partial charge is 0.410 e. The fourth-order valence-corrected chi connectivity index (χ4v) is 1.73. The van der Waals surface area contributed by atoms with Gasteiger partial charge in [0.2, 0.25) is 0 Å². The van der Waals surface area contributed by atoms with Crippen molar-refractivity contribution in [2.24, 2.45) is 5.16 Å². The zero-order chi connectivity index (χ0) is 10.9. The van der Waals surface area contributed by atoms with Gasteiger partial charge in [-0.3, -0.25) is 0 Å². The maximum Gasteiger partial charge on any atom is 0.188 e. The maximum absolute atomic E-state index is 8.65. The van der Waals surface area contributed by atoms with E-state index in [0.29, 0.717) is 0 Å². The Morgan fingerprint density at radius 1 is 1.33 bits per heavy atom. The minimum atomic E-state index is 0.737. The Hall–Kier alpha value is -1.12. The van der Waals surface area contributed by atoms with Gasteiger partial charge in [0.25, 0.3) is 0 Å². The van der Waals surface area contributed by atoms with Gasteiger partial charge in [-0.05, 0) is 12.5 Å². The first kappa shape index (κ1) is 12.0. The van der Waals surface area contributed by atoms with Crippen molar-refractivity contribution in [1.82, 2.24) is 0 Å². The summed E-state index contributed by atoms with van der Waals surface area (Å²) in [7, 11) is 0. The van der Waals surface area contributed by atoms with Crippen LogP contribution in [-0.2, 0) is 0 Å². The fourth-order valence-electron chi connectivity index (χ4n) is 1.73. The van der Waals surface area contributed by atoms with E-state index in [0.717, 1.165) is 18.8 Å². The molecule has 0 atom stereocenters. The van der Waals surface area contributed by atoms with E-state index in [2.05, 4.69) is 22.9 Å². The molecular formula is C12H21N2O+. The van der Waals surface area contributed by atoms with E-state index in [1.165, 1.54) is 32.1 Å². The lowest BCUT2D eigenvalue weighted by molar-refractivity contribution is -0.508. The van der Waals surface area contributed by atoms with E-state index < -0.39 is 0 Å². The molecule has 0 aliphatic carbocycles. The molecule has 1 N–H and O–H groups in total. The van der Waals surface area contributed by atoms with E-state index in [1.807, 2.05) is 12.2 Å². The smallest absolute Gasteiger partial charge is 0.188 e. The summed E-state index contributed by atoms with van der Waals surface area (Å²) in [5.41, 5.74) is 0.742. The molecule has 0 aromatic heterocycles. The molecule has 1 rings (SSSR count). The molecule has 0 radical (unpaired) electrons. The van der Waals surface area contributed by atoms with Gasteiger partial charge in [-0.2, -0.15) is 0 Å². The second-order valence-corrected chi connectivity index (χ2v) is 3.98. The monoisotopic (exact) mass is 209 g/mol. The molecule has 0 saturated carbocycles. The summed E-state index contributed by atoms with van der Waals surface area (Å²) in [6.45, 7) is 4.03. The first-order valence-electron chi connectivity index (χ1n) is 5.83. The lowest BCUT2D eigenvalue weighted by Gasteiger charge is -2.05. The first-order valence-corrected chi connectivity index (χ1v) is 5.83. The minimum absolute atomic E-state index is 0.737. The Morgan fingerprint density at radius 3 is 2.87 bits per heavy atom. The molecule has 3 heteroatoms. The highest BCUT2D eigenvalue weighted by Crippen LogP contribution is 2.03. The molecule has 0 aromatic carbocycles. The second-order valence-electron chi connectivity index (χ2n) is 3.98. The van der Waals surface area contributed by atoms with E-state index in [4.69, 9.17) is 5.21 Å². The van der Waals surface area contributed by atoms with Crippen molar-refractivity contribution in [3.63, 3.8) is 0 Å². The molecule has 3 nitrogen and oxygen atoms in total. The van der Waals surface area contributed by atoms with Gasteiger partial charge in [-0.15, -0.1) is 0 Å². The Morgan fingerprint density at radius 2 is 2.13 bits per heavy atom. The number of rotatable bonds is 6. The first-order chi connectivity index (χ1) is 7.36. The van der Waals surface area contributed by atoms with Gasteiger partial charge >= 0.3 is 0 Å². The second kappa shape index (κ2) is 7.21. The van der Waals surface area contributed by atoms with Gasteiger partial charge in [0.1, 0.15) is 12.3 Å². The Kier molecular flexibility index (Phi) is 5.74. The lowest BCUT2D eigenvalue weighted by atomic mass is 10.1. The van der Waals surface area contributed by atoms with Crippen LogP contribution < -0.4 is 0 Å². The molecule has 0 amide bonds. The molecule has 0 saturated heterocycles. The number of oxime groups is 1. The predicted molar refractivity (Wildman–Crippen MR) is 63.2 cm³/mol. The zero-order valence-corrected chi connectivity index (χ0v) is 9.52. The summed E-state index contributed by atoms with van der Waals surface area (Å²) in [5, 5.41) is 11.9. The number of allylic oxidation sites excluding steroid dienone is 1. The summed E-state index contributed by atoms with van der Waals surface area (Å²) >= 11 is 0. The van der Waals surface area contributed by atoms with E-state index >= 15 is 0 Å². The van der Waals surface area contributed by atoms with Crippen LogP contribution in [0.4, 0.5) is 0 Å². The number of nitrogens with zero attached hydrogens (tertiary/aromatic N) is 2. The summed E-state index contributed by atoms with van der Waals surface area (Å²) in [6.07, 6.45) is 12.3. The molecule has 0 spiro atoms. The Labute approximate surface area is 91.8 Å². The van der Waals surface area contributed by atoms with Gasteiger partial charge < -0.3 is 5.21 Å². The molecule has 1 heterocycles. The molecule has 0 fully saturated rings. The van der Waals surface area contributed by atoms with Crippen LogP contribution in [-0.4, -0.2) is 34.8 Å². The highest BCUT2D eigenvalue weighted by molar-refractivity contribution is 5.99. The summed E-state index contributed by atoms with van der Waals surface area (Å²) in [4.78, 5) is 0. The van der Waals surface area contributed by atoms with Crippen LogP contribution in [0.3, 0.4) is 0 Å². The summed E-state index contributed by atoms with van der Waals surface area (Å²) in [6, 6.07) is 0. The van der Waals surface area contributed by atoms with Crippen molar-refractivity contribution in [2.75, 3.05) is 13.1 Å². The highest BCUT2D eigenvalue weighted by atomic mass is 16.4. The van der Waals surface area contributed by atoms with Gasteiger partial charge in [0, 0.05) is 12.5 Å². The standard InChI is InChI=1S/C12H20N2O/c1-2-3-4-5-6-9-14-10-7-8-12(11-14)13-15/h7-8,10H,2-6,9,11H2,1H3/p+1. The third-order valence-electron chi connectivity index (χ3n) is 2.63. The van der Waals surface area contributed by atoms with Gasteiger partial charge in [-0.1, -0.05) is 31.3 Å². The summed E-state index contributed by atoms with van der Waals surface area (Å²) < 4.78 is 2.20. The molecule has 1 aliphatic heterocycles. The fraction of sp³-hybridized carbons (Fsp3) is 0.667. The number of hydrogen-bond acceptors (Lipinski definition) is 2. The number of hydrogen-bond donors (Lipinski definition) is 1. The molecule has 15 heavy (non-hydrogen) atoms. The molecule has 0 aromatic rings. The topological polar surface area (TPSA) is 35.6 Å². The van der Waals surface area contributed by atoms with Crippen molar-refractivity contribution in [3.8, 4) is 0 Å². The average molecular weight is 209 g/mol. The maximum atomic E-state index is 8.65. The van der Waals surface area contributed by atoms with Gasteiger partial charge in [0.15, 0.2) is 12.8 Å². The third-order valence-corrected chi connectivity index (χ3v) is 2.63. The van der Waals surface area contributed by atoms with Crippen LogP contribution in [0.25, 0.3) is 0 Å². The molecule has 0 bridgehead atoms. The van der Waals surface area contributed by atoms with Crippen molar-refractivity contribution >= 4 is 11.9 Å². The Bertz CT molecular complexity index is 267. The molecule has 84 valence electrons. The van der Waals surface area contributed by atoms with E-state index in [9.17, 15) is 0 Å². The van der Waals surface area contributed by atoms with Crippen LogP contribution >= 0.6 is 0 Å². The van der Waals surface area contributed by atoms with Crippen molar-refractivity contribution in [2.45, 2.75) is 39.0 Å². The minimum Gasteiger partial charge on any atom is -0.410 e. The number of unbranched alkanes of at least 4 members (excludes halogenated alkanes) is 4. The van der Waals surface area contributed by atoms with Gasteiger partial charge in [0.05, 0.1) is 0 Å². The SMILES string of the molecule is CCCCCCC[N+]1=CC=C/C(=N\O)C1. The molecule has 0 unspecified atom stereocenters. The van der Waals surface area contributed by atoms with Crippen LogP contribution in [0.5, 0.6) is 0 Å². The average Bonchev–Trinajstić information content (AvgIpc) is 2.29. The molecular weight excluding hydrogens is 188 g/mol. The van der Waals surface area contributed by atoms with Crippen molar-refractivity contribution < 1.29 is 9.78 Å². The van der Waals surface area contributed by atoms with Gasteiger partial charge in [-0.25, -0.2) is 4.58 Å². The van der Waals surface area contributed by atoms with Crippen LogP contribution in [0.15, 0.2) is 17.3 Å². The highest BCUT2D eigenvalue weighted by Gasteiger charge is 2.10. The van der Waals surface area contributed by atoms with E-state index in [1.54, 1.807) is 0 Å². The Balaban J connectivity index is 2.16. The van der Waals surface area contributed by atoms with Crippen LogP contribution in [0.2, 0.25) is 0 Å². The lowest BCUT2D eigenvalue weighted by Crippen LogP contribution is -2.24. The third kappa shape index (κ3) is 4.77. The van der Waals surface area contributed by atoms with E-state index in [-0.39, 0.29) is 0 Å².